The third-order valence-electron chi connectivity index (χ3n) is 6.81. The molecule has 4 bridgehead atoms. The summed E-state index contributed by atoms with van der Waals surface area (Å²) in [6, 6.07) is 0. The maximum atomic E-state index is 12.6. The van der Waals surface area contributed by atoms with Crippen molar-refractivity contribution in [3.8, 4) is 0 Å². The standard InChI is InChI=1S/C18H30O3/c1-5-16(3,4)15(19)21-18(6-2)13-7-12-8-14(18)11-17(20,9-12)10-13/h12-14,20H,5-11H2,1-4H3. The van der Waals surface area contributed by atoms with Gasteiger partial charge in [0.05, 0.1) is 11.0 Å². The van der Waals surface area contributed by atoms with E-state index in [-0.39, 0.29) is 11.6 Å². The first-order valence-corrected chi connectivity index (χ1v) is 8.70. The molecule has 1 N–H and O–H groups in total. The van der Waals surface area contributed by atoms with Gasteiger partial charge in [0, 0.05) is 11.8 Å². The summed E-state index contributed by atoms with van der Waals surface area (Å²) < 4.78 is 6.21. The summed E-state index contributed by atoms with van der Waals surface area (Å²) in [5, 5.41) is 10.7. The van der Waals surface area contributed by atoms with Gasteiger partial charge in [0.1, 0.15) is 5.60 Å². The van der Waals surface area contributed by atoms with Gasteiger partial charge < -0.3 is 9.84 Å². The first-order chi connectivity index (χ1) is 9.74. The van der Waals surface area contributed by atoms with Gasteiger partial charge in [-0.1, -0.05) is 13.8 Å². The fourth-order valence-corrected chi connectivity index (χ4v) is 5.29. The van der Waals surface area contributed by atoms with Crippen LogP contribution in [0.3, 0.4) is 0 Å². The van der Waals surface area contributed by atoms with Gasteiger partial charge in [0.25, 0.3) is 0 Å². The summed E-state index contributed by atoms with van der Waals surface area (Å²) in [5.74, 6) is 1.31. The van der Waals surface area contributed by atoms with Crippen molar-refractivity contribution >= 4 is 5.97 Å². The van der Waals surface area contributed by atoms with Crippen molar-refractivity contribution in [2.75, 3.05) is 0 Å². The monoisotopic (exact) mass is 294 g/mol. The first-order valence-electron chi connectivity index (χ1n) is 8.70. The van der Waals surface area contributed by atoms with Crippen molar-refractivity contribution in [3.05, 3.63) is 0 Å². The molecule has 0 heterocycles. The molecule has 4 saturated carbocycles. The van der Waals surface area contributed by atoms with Crippen LogP contribution in [0, 0.1) is 23.2 Å². The van der Waals surface area contributed by atoms with Crippen LogP contribution < -0.4 is 0 Å². The molecule has 0 aromatic carbocycles. The SMILES string of the molecule is CCC(C)(C)C(=O)OC1(CC)C2CC3CC1CC(O)(C3)C2. The molecule has 2 atom stereocenters. The number of rotatable bonds is 4. The molecule has 0 spiro atoms. The van der Waals surface area contributed by atoms with E-state index in [0.717, 1.165) is 44.9 Å². The van der Waals surface area contributed by atoms with E-state index < -0.39 is 11.0 Å². The predicted molar refractivity (Wildman–Crippen MR) is 81.7 cm³/mol. The van der Waals surface area contributed by atoms with Crippen molar-refractivity contribution in [2.24, 2.45) is 23.2 Å². The van der Waals surface area contributed by atoms with Crippen LogP contribution in [-0.2, 0) is 9.53 Å². The lowest BCUT2D eigenvalue weighted by atomic mass is 9.47. The third kappa shape index (κ3) is 2.23. The van der Waals surface area contributed by atoms with Crippen LogP contribution in [0.4, 0.5) is 0 Å². The summed E-state index contributed by atoms with van der Waals surface area (Å²) >= 11 is 0. The summed E-state index contributed by atoms with van der Waals surface area (Å²) in [6.07, 6.45) is 6.57. The molecule has 4 rings (SSSR count). The molecule has 3 nitrogen and oxygen atoms in total. The van der Waals surface area contributed by atoms with Crippen LogP contribution >= 0.6 is 0 Å². The Morgan fingerprint density at radius 2 is 1.76 bits per heavy atom. The van der Waals surface area contributed by atoms with E-state index in [9.17, 15) is 9.90 Å². The van der Waals surface area contributed by atoms with Gasteiger partial charge in [-0.05, 0) is 64.7 Å². The Bertz CT molecular complexity index is 424. The Kier molecular flexibility index (Phi) is 3.44. The molecule has 0 aromatic heterocycles. The Hall–Kier alpha value is -0.570. The van der Waals surface area contributed by atoms with Crippen LogP contribution in [0.25, 0.3) is 0 Å². The lowest BCUT2D eigenvalue weighted by Gasteiger charge is -2.63. The molecule has 0 saturated heterocycles. The fraction of sp³-hybridized carbons (Fsp3) is 0.944. The second-order valence-electron chi connectivity index (χ2n) is 8.50. The van der Waals surface area contributed by atoms with E-state index in [0.29, 0.717) is 17.8 Å². The maximum Gasteiger partial charge on any atom is 0.312 e. The molecule has 4 fully saturated rings. The number of ether oxygens (including phenoxy) is 1. The van der Waals surface area contributed by atoms with Crippen LogP contribution in [0.5, 0.6) is 0 Å². The highest BCUT2D eigenvalue weighted by Crippen LogP contribution is 2.62. The minimum atomic E-state index is -0.470. The number of hydrogen-bond acceptors (Lipinski definition) is 3. The third-order valence-corrected chi connectivity index (χ3v) is 6.81. The highest BCUT2D eigenvalue weighted by Gasteiger charge is 2.63. The number of hydrogen-bond donors (Lipinski definition) is 1. The zero-order chi connectivity index (χ0) is 15.5. The average molecular weight is 294 g/mol. The second kappa shape index (κ2) is 4.71. The molecule has 0 radical (unpaired) electrons. The topological polar surface area (TPSA) is 46.5 Å². The Labute approximate surface area is 128 Å². The second-order valence-corrected chi connectivity index (χ2v) is 8.50. The molecular weight excluding hydrogens is 264 g/mol. The highest BCUT2D eigenvalue weighted by molar-refractivity contribution is 5.76. The van der Waals surface area contributed by atoms with E-state index >= 15 is 0 Å². The Morgan fingerprint density at radius 1 is 1.19 bits per heavy atom. The molecule has 0 aliphatic heterocycles. The average Bonchev–Trinajstić information content (AvgIpc) is 2.41. The summed E-state index contributed by atoms with van der Waals surface area (Å²) in [6.45, 7) is 8.14. The molecule has 0 amide bonds. The predicted octanol–water partition coefficient (Wildman–Crippen LogP) is 3.69. The lowest BCUT2D eigenvalue weighted by molar-refractivity contribution is -0.247. The van der Waals surface area contributed by atoms with Crippen molar-refractivity contribution in [3.63, 3.8) is 0 Å². The Morgan fingerprint density at radius 3 is 2.19 bits per heavy atom. The fourth-order valence-electron chi connectivity index (χ4n) is 5.29. The van der Waals surface area contributed by atoms with Crippen molar-refractivity contribution in [1.82, 2.24) is 0 Å². The van der Waals surface area contributed by atoms with Gasteiger partial charge in [-0.2, -0.15) is 0 Å². The van der Waals surface area contributed by atoms with Gasteiger partial charge in [-0.15, -0.1) is 0 Å². The van der Waals surface area contributed by atoms with Gasteiger partial charge >= 0.3 is 5.97 Å². The van der Waals surface area contributed by atoms with Gasteiger partial charge in [-0.3, -0.25) is 4.79 Å². The van der Waals surface area contributed by atoms with Crippen molar-refractivity contribution in [1.29, 1.82) is 0 Å². The lowest BCUT2D eigenvalue weighted by Crippen LogP contribution is -2.65. The summed E-state index contributed by atoms with van der Waals surface area (Å²) in [4.78, 5) is 12.6. The van der Waals surface area contributed by atoms with Crippen molar-refractivity contribution < 1.29 is 14.6 Å². The number of carbonyl (C=O) groups is 1. The molecule has 120 valence electrons. The van der Waals surface area contributed by atoms with Gasteiger partial charge in [0.2, 0.25) is 0 Å². The highest BCUT2D eigenvalue weighted by atomic mass is 16.6. The summed E-state index contributed by atoms with van der Waals surface area (Å²) in [7, 11) is 0. The Balaban J connectivity index is 1.86. The molecular formula is C18H30O3. The van der Waals surface area contributed by atoms with Crippen LogP contribution in [0.2, 0.25) is 0 Å². The smallest absolute Gasteiger partial charge is 0.312 e. The number of esters is 1. The minimum absolute atomic E-state index is 0.0497. The number of carbonyl (C=O) groups excluding carboxylic acids is 1. The molecule has 4 aliphatic rings. The van der Waals surface area contributed by atoms with E-state index in [1.54, 1.807) is 0 Å². The molecule has 4 aliphatic carbocycles. The maximum absolute atomic E-state index is 12.6. The molecule has 2 unspecified atom stereocenters. The quantitative estimate of drug-likeness (QED) is 0.804. The molecule has 21 heavy (non-hydrogen) atoms. The molecule has 0 aromatic rings. The minimum Gasteiger partial charge on any atom is -0.458 e. The van der Waals surface area contributed by atoms with Crippen LogP contribution in [-0.4, -0.2) is 22.3 Å². The van der Waals surface area contributed by atoms with Crippen molar-refractivity contribution in [2.45, 2.75) is 83.8 Å². The van der Waals surface area contributed by atoms with E-state index in [1.165, 1.54) is 0 Å². The normalized spacial score (nSPS) is 44.9. The zero-order valence-corrected chi connectivity index (χ0v) is 13.9. The first kappa shape index (κ1) is 15.3. The van der Waals surface area contributed by atoms with Gasteiger partial charge in [0.15, 0.2) is 0 Å². The molecule has 3 heteroatoms. The van der Waals surface area contributed by atoms with E-state index in [1.807, 2.05) is 20.8 Å². The van der Waals surface area contributed by atoms with Crippen LogP contribution in [0.1, 0.15) is 72.6 Å². The number of aliphatic hydroxyl groups is 1. The van der Waals surface area contributed by atoms with E-state index in [4.69, 9.17) is 4.74 Å². The van der Waals surface area contributed by atoms with Gasteiger partial charge in [-0.25, -0.2) is 0 Å². The largest absolute Gasteiger partial charge is 0.458 e. The summed E-state index contributed by atoms with van der Waals surface area (Å²) in [5.41, 5.74) is -1.19. The zero-order valence-electron chi connectivity index (χ0n) is 13.9. The van der Waals surface area contributed by atoms with E-state index in [2.05, 4.69) is 6.92 Å². The van der Waals surface area contributed by atoms with Crippen LogP contribution in [0.15, 0.2) is 0 Å².